The van der Waals surface area contributed by atoms with Gasteiger partial charge in [-0.15, -0.1) is 0 Å². The number of nitrogens with one attached hydrogen (secondary N) is 3. The zero-order chi connectivity index (χ0) is 28.9. The first-order valence-electron chi connectivity index (χ1n) is 12.5. The Bertz CT molecular complexity index is 1160. The van der Waals surface area contributed by atoms with Crippen molar-refractivity contribution in [1.29, 1.82) is 0 Å². The van der Waals surface area contributed by atoms with Crippen molar-refractivity contribution in [3.05, 3.63) is 58.9 Å². The van der Waals surface area contributed by atoms with E-state index >= 15 is 0 Å². The average Bonchev–Trinajstić information content (AvgIpc) is 2.72. The van der Waals surface area contributed by atoms with Crippen molar-refractivity contribution in [2.75, 3.05) is 0 Å². The number of ether oxygens (including phenoxy) is 1. The Balaban J connectivity index is 2.37. The fraction of sp³-hybridized carbons (Fsp3) is 0.483. The Morgan fingerprint density at radius 3 is 2.08 bits per heavy atom. The molecule has 3 N–H and O–H groups in total. The lowest BCUT2D eigenvalue weighted by Gasteiger charge is -2.36. The second-order valence-electron chi connectivity index (χ2n) is 11.8. The molecule has 0 aliphatic carbocycles. The van der Waals surface area contributed by atoms with Crippen LogP contribution in [0.2, 0.25) is 5.02 Å². The van der Waals surface area contributed by atoms with E-state index in [1.165, 1.54) is 19.1 Å². The molecule has 2 rings (SSSR count). The summed E-state index contributed by atoms with van der Waals surface area (Å²) in [6, 6.07) is 11.0. The predicted octanol–water partition coefficient (Wildman–Crippen LogP) is 5.78. The van der Waals surface area contributed by atoms with Gasteiger partial charge in [-0.25, -0.2) is 9.18 Å². The molecule has 0 spiro atoms. The zero-order valence-corrected chi connectivity index (χ0v) is 24.2. The van der Waals surface area contributed by atoms with E-state index in [-0.39, 0.29) is 24.1 Å². The van der Waals surface area contributed by atoms with Gasteiger partial charge in [-0.3, -0.25) is 9.59 Å². The Hall–Kier alpha value is -3.13. The van der Waals surface area contributed by atoms with E-state index in [2.05, 4.69) is 16.0 Å². The van der Waals surface area contributed by atoms with Gasteiger partial charge in [0.2, 0.25) is 11.8 Å². The lowest BCUT2D eigenvalue weighted by Crippen LogP contribution is -2.62. The Morgan fingerprint density at radius 2 is 1.55 bits per heavy atom. The third-order valence-electron chi connectivity index (χ3n) is 5.49. The Morgan fingerprint density at radius 1 is 0.947 bits per heavy atom. The van der Waals surface area contributed by atoms with Gasteiger partial charge in [0, 0.05) is 29.1 Å². The third-order valence-corrected chi connectivity index (χ3v) is 5.73. The lowest BCUT2D eigenvalue weighted by molar-refractivity contribution is -0.133. The van der Waals surface area contributed by atoms with Crippen LogP contribution in [0.15, 0.2) is 42.5 Å². The molecule has 208 valence electrons. The van der Waals surface area contributed by atoms with Gasteiger partial charge < -0.3 is 20.7 Å². The van der Waals surface area contributed by atoms with Crippen LogP contribution in [0.4, 0.5) is 9.18 Å². The highest BCUT2D eigenvalue weighted by molar-refractivity contribution is 6.30. The molecule has 0 saturated carbocycles. The molecule has 0 bridgehead atoms. The van der Waals surface area contributed by atoms with E-state index in [9.17, 15) is 18.8 Å². The number of benzene rings is 2. The molecule has 0 saturated heterocycles. The van der Waals surface area contributed by atoms with Crippen molar-refractivity contribution in [3.63, 3.8) is 0 Å². The van der Waals surface area contributed by atoms with Crippen LogP contribution in [0.25, 0.3) is 11.1 Å². The van der Waals surface area contributed by atoms with Gasteiger partial charge in [0.25, 0.3) is 0 Å². The van der Waals surface area contributed by atoms with Crippen molar-refractivity contribution in [1.82, 2.24) is 16.0 Å². The lowest BCUT2D eigenvalue weighted by atomic mass is 9.87. The van der Waals surface area contributed by atoms with Gasteiger partial charge in [0.05, 0.1) is 0 Å². The zero-order valence-electron chi connectivity index (χ0n) is 23.4. The van der Waals surface area contributed by atoms with Crippen LogP contribution in [0.5, 0.6) is 0 Å². The van der Waals surface area contributed by atoms with Crippen LogP contribution in [0.3, 0.4) is 0 Å². The number of alkyl carbamates (subject to hydrolysis) is 1. The van der Waals surface area contributed by atoms with Crippen molar-refractivity contribution in [2.24, 2.45) is 0 Å². The second-order valence-corrected chi connectivity index (χ2v) is 12.2. The fourth-order valence-electron chi connectivity index (χ4n) is 4.03. The van der Waals surface area contributed by atoms with Crippen LogP contribution in [-0.2, 0) is 20.7 Å². The molecule has 38 heavy (non-hydrogen) atoms. The van der Waals surface area contributed by atoms with E-state index in [4.69, 9.17) is 16.3 Å². The average molecular weight is 548 g/mol. The maximum absolute atomic E-state index is 14.3. The van der Waals surface area contributed by atoms with E-state index in [0.29, 0.717) is 22.6 Å². The largest absolute Gasteiger partial charge is 0.444 e. The van der Waals surface area contributed by atoms with Crippen molar-refractivity contribution in [3.8, 4) is 11.1 Å². The molecular formula is C29H39ClFN3O4. The monoisotopic (exact) mass is 547 g/mol. The van der Waals surface area contributed by atoms with Crippen LogP contribution in [0.1, 0.15) is 67.4 Å². The minimum Gasteiger partial charge on any atom is -0.444 e. The molecule has 0 radical (unpaired) electrons. The minimum absolute atomic E-state index is 0.0956. The summed E-state index contributed by atoms with van der Waals surface area (Å²) in [5.74, 6) is -1.13. The van der Waals surface area contributed by atoms with Crippen molar-refractivity contribution < 1.29 is 23.5 Å². The number of hydrogen-bond acceptors (Lipinski definition) is 4. The predicted molar refractivity (Wildman–Crippen MR) is 148 cm³/mol. The summed E-state index contributed by atoms with van der Waals surface area (Å²) in [4.78, 5) is 38.0. The van der Waals surface area contributed by atoms with Crippen molar-refractivity contribution >= 4 is 29.5 Å². The maximum atomic E-state index is 14.3. The normalized spacial score (nSPS) is 14.2. The summed E-state index contributed by atoms with van der Waals surface area (Å²) in [6.45, 7) is 13.8. The van der Waals surface area contributed by atoms with Crippen LogP contribution >= 0.6 is 11.6 Å². The summed E-state index contributed by atoms with van der Waals surface area (Å²) in [6.07, 6.45) is -0.213. The van der Waals surface area contributed by atoms with Gasteiger partial charge in [0.1, 0.15) is 17.0 Å². The topological polar surface area (TPSA) is 96.5 Å². The van der Waals surface area contributed by atoms with E-state index in [1.807, 2.05) is 32.9 Å². The highest BCUT2D eigenvalue weighted by atomic mass is 35.5. The summed E-state index contributed by atoms with van der Waals surface area (Å²) in [7, 11) is 0. The van der Waals surface area contributed by atoms with Gasteiger partial charge in [-0.2, -0.15) is 0 Å². The van der Waals surface area contributed by atoms with Gasteiger partial charge >= 0.3 is 6.09 Å². The van der Waals surface area contributed by atoms with Crippen molar-refractivity contribution in [2.45, 2.75) is 91.0 Å². The summed E-state index contributed by atoms with van der Waals surface area (Å²) < 4.78 is 19.8. The van der Waals surface area contributed by atoms with Gasteiger partial charge in [-0.1, -0.05) is 35.9 Å². The first kappa shape index (κ1) is 31.1. The molecule has 2 aromatic carbocycles. The number of carbonyl (C=O) groups is 3. The highest BCUT2D eigenvalue weighted by Gasteiger charge is 2.39. The third kappa shape index (κ3) is 9.97. The minimum atomic E-state index is -1.32. The van der Waals surface area contributed by atoms with E-state index in [1.54, 1.807) is 45.9 Å². The fourth-order valence-corrected chi connectivity index (χ4v) is 4.20. The molecule has 0 fully saturated rings. The quantitative estimate of drug-likeness (QED) is 0.390. The number of hydrogen-bond donors (Lipinski definition) is 3. The second kappa shape index (κ2) is 12.2. The first-order valence-corrected chi connectivity index (χ1v) is 12.9. The van der Waals surface area contributed by atoms with Gasteiger partial charge in [-0.05, 0) is 90.6 Å². The van der Waals surface area contributed by atoms with E-state index in [0.717, 1.165) is 5.56 Å². The highest BCUT2D eigenvalue weighted by Crippen LogP contribution is 2.27. The molecule has 0 aliphatic rings. The summed E-state index contributed by atoms with van der Waals surface area (Å²) in [5.41, 5.74) is -0.706. The number of amides is 3. The summed E-state index contributed by atoms with van der Waals surface area (Å²) >= 11 is 6.04. The molecular weight excluding hydrogens is 509 g/mol. The number of carbonyl (C=O) groups excluding carboxylic acids is 3. The van der Waals surface area contributed by atoms with Crippen LogP contribution < -0.4 is 16.0 Å². The molecule has 0 heterocycles. The molecule has 0 aliphatic heterocycles. The van der Waals surface area contributed by atoms with Crippen LogP contribution in [-0.4, -0.2) is 40.6 Å². The summed E-state index contributed by atoms with van der Waals surface area (Å²) in [5, 5.41) is 8.97. The molecule has 3 amide bonds. The maximum Gasteiger partial charge on any atom is 0.407 e. The Labute approximate surface area is 229 Å². The molecule has 2 aromatic rings. The molecule has 2 atom stereocenters. The SMILES string of the molecule is CC(=O)NC(C)(CC(Cc1ccc(-c2cc(Cl)ccc2F)cc1)NC(=O)OC(C)(C)C)C(=O)NC(C)(C)C. The molecule has 7 nitrogen and oxygen atoms in total. The number of halogens is 2. The van der Waals surface area contributed by atoms with E-state index < -0.39 is 28.8 Å². The smallest absolute Gasteiger partial charge is 0.407 e. The molecule has 2 unspecified atom stereocenters. The molecule has 0 aromatic heterocycles. The number of rotatable bonds is 8. The Kier molecular flexibility index (Phi) is 9.94. The standard InChI is InChI=1S/C29H39ClFN3O4/c1-18(35)33-29(8,25(36)34-27(2,3)4)17-22(32-26(37)38-28(5,6)7)15-19-9-11-20(12-10-19)23-16-21(30)13-14-24(23)31/h9-14,16,22H,15,17H2,1-8H3,(H,32,37)(H,33,35)(H,34,36). The van der Waals surface area contributed by atoms with Gasteiger partial charge in [0.15, 0.2) is 0 Å². The first-order chi connectivity index (χ1) is 17.4. The molecule has 9 heteroatoms. The van der Waals surface area contributed by atoms with Crippen LogP contribution in [0, 0.1) is 5.82 Å².